The number of hydrogen-bond donors (Lipinski definition) is 0. The lowest BCUT2D eigenvalue weighted by Gasteiger charge is -2.22. The molecule has 0 bridgehead atoms. The van der Waals surface area contributed by atoms with Gasteiger partial charge in [0.2, 0.25) is 6.10 Å². The molecule has 0 spiro atoms. The highest BCUT2D eigenvalue weighted by Gasteiger charge is 2.31. The van der Waals surface area contributed by atoms with Gasteiger partial charge in [-0.3, -0.25) is 0 Å². The molecule has 1 fully saturated rings. The van der Waals surface area contributed by atoms with Gasteiger partial charge in [0.05, 0.1) is 15.3 Å². The fourth-order valence-electron chi connectivity index (χ4n) is 2.33. The summed E-state index contributed by atoms with van der Waals surface area (Å²) in [6.45, 7) is 1.04. The van der Waals surface area contributed by atoms with Crippen LogP contribution >= 0.6 is 22.9 Å². The molecule has 0 amide bonds. The zero-order chi connectivity index (χ0) is 14.7. The molecule has 21 heavy (non-hydrogen) atoms. The van der Waals surface area contributed by atoms with Crippen molar-refractivity contribution in [1.82, 2.24) is 0 Å². The summed E-state index contributed by atoms with van der Waals surface area (Å²) < 4.78 is 11.5. The zero-order valence-corrected chi connectivity index (χ0v) is 13.0. The summed E-state index contributed by atoms with van der Waals surface area (Å²) in [6.07, 6.45) is 2.91. The average molecular weight is 330 g/mol. The van der Waals surface area contributed by atoms with E-state index >= 15 is 0 Å². The molecule has 0 aromatic carbocycles. The fraction of sp³-hybridized carbons (Fsp3) is 0.571. The predicted octanol–water partition coefficient (Wildman–Crippen LogP) is 3.01. The molecule has 3 rings (SSSR count). The van der Waals surface area contributed by atoms with Gasteiger partial charge in [0.1, 0.15) is 12.3 Å². The minimum atomic E-state index is -0.663. The van der Waals surface area contributed by atoms with E-state index in [9.17, 15) is 4.79 Å². The molecule has 2 unspecified atom stereocenters. The third kappa shape index (κ3) is 3.75. The number of thiophene rings is 1. The van der Waals surface area contributed by atoms with Crippen LogP contribution in [0.1, 0.15) is 30.6 Å². The van der Waals surface area contributed by atoms with Crippen LogP contribution in [-0.2, 0) is 19.1 Å². The largest absolute Gasteiger partial charge is 0.460 e. The molecule has 3 heterocycles. The Kier molecular flexibility index (Phi) is 4.77. The van der Waals surface area contributed by atoms with Crippen LogP contribution in [0.5, 0.6) is 0 Å². The third-order valence-corrected chi connectivity index (χ3v) is 4.76. The second-order valence-corrected chi connectivity index (χ2v) is 6.77. The van der Waals surface area contributed by atoms with Gasteiger partial charge in [-0.2, -0.15) is 0 Å². The van der Waals surface area contributed by atoms with Crippen molar-refractivity contribution in [2.24, 2.45) is 5.16 Å². The number of carbonyl (C=O) groups excluding carboxylic acids is 1. The van der Waals surface area contributed by atoms with Crippen LogP contribution in [0.15, 0.2) is 17.3 Å². The first-order valence-corrected chi connectivity index (χ1v) is 8.18. The zero-order valence-electron chi connectivity index (χ0n) is 11.4. The highest BCUT2D eigenvalue weighted by atomic mass is 35.5. The van der Waals surface area contributed by atoms with Crippen LogP contribution in [0.2, 0.25) is 4.34 Å². The number of oxime groups is 1. The number of nitrogens with zero attached hydrogens (tertiary/aromatic N) is 1. The van der Waals surface area contributed by atoms with Crippen molar-refractivity contribution >= 4 is 34.6 Å². The van der Waals surface area contributed by atoms with Crippen molar-refractivity contribution in [2.45, 2.75) is 37.9 Å². The maximum atomic E-state index is 12.0. The van der Waals surface area contributed by atoms with E-state index in [1.54, 1.807) is 6.07 Å². The molecule has 2 aliphatic heterocycles. The van der Waals surface area contributed by atoms with Crippen LogP contribution < -0.4 is 0 Å². The first kappa shape index (κ1) is 14.8. The normalized spacial score (nSPS) is 25.3. The van der Waals surface area contributed by atoms with Crippen molar-refractivity contribution in [3.8, 4) is 0 Å². The molecule has 0 radical (unpaired) electrons. The van der Waals surface area contributed by atoms with Crippen molar-refractivity contribution in [3.63, 3.8) is 0 Å². The molecule has 1 saturated heterocycles. The van der Waals surface area contributed by atoms with E-state index in [1.807, 2.05) is 6.07 Å². The van der Waals surface area contributed by atoms with E-state index in [2.05, 4.69) is 5.16 Å². The maximum Gasteiger partial charge on any atom is 0.350 e. The molecule has 0 saturated carbocycles. The van der Waals surface area contributed by atoms with Crippen LogP contribution in [0.4, 0.5) is 0 Å². The smallest absolute Gasteiger partial charge is 0.350 e. The van der Waals surface area contributed by atoms with Crippen LogP contribution in [0.25, 0.3) is 0 Å². The number of esters is 1. The highest BCUT2D eigenvalue weighted by Crippen LogP contribution is 2.26. The molecule has 1 aromatic heterocycles. The van der Waals surface area contributed by atoms with Crippen molar-refractivity contribution in [2.75, 3.05) is 13.2 Å². The van der Waals surface area contributed by atoms with Gasteiger partial charge in [-0.1, -0.05) is 16.8 Å². The van der Waals surface area contributed by atoms with E-state index in [0.29, 0.717) is 17.4 Å². The highest BCUT2D eigenvalue weighted by molar-refractivity contribution is 7.18. The molecule has 2 aliphatic rings. The molecule has 2 atom stereocenters. The first-order chi connectivity index (χ1) is 10.2. The minimum absolute atomic E-state index is 0.0144. The van der Waals surface area contributed by atoms with Gasteiger partial charge >= 0.3 is 5.97 Å². The first-order valence-electron chi connectivity index (χ1n) is 6.99. The van der Waals surface area contributed by atoms with Gasteiger partial charge in [-0.05, 0) is 31.4 Å². The standard InChI is InChI=1S/C14H16ClNO4S/c15-13-5-4-12(21-13)10-7-11(20-16-10)14(17)19-8-9-3-1-2-6-18-9/h4-5,9,11H,1-3,6-8H2. The lowest BCUT2D eigenvalue weighted by Crippen LogP contribution is -2.30. The number of ether oxygens (including phenoxy) is 2. The number of rotatable bonds is 4. The van der Waals surface area contributed by atoms with Gasteiger partial charge in [0.15, 0.2) is 0 Å². The predicted molar refractivity (Wildman–Crippen MR) is 79.9 cm³/mol. The Morgan fingerprint density at radius 1 is 1.48 bits per heavy atom. The number of halogens is 1. The summed E-state index contributed by atoms with van der Waals surface area (Å²) in [5.41, 5.74) is 0.739. The Balaban J connectivity index is 1.46. The van der Waals surface area contributed by atoms with E-state index in [0.717, 1.165) is 36.5 Å². The topological polar surface area (TPSA) is 57.1 Å². The molecule has 0 N–H and O–H groups in total. The van der Waals surface area contributed by atoms with Crippen LogP contribution in [0.3, 0.4) is 0 Å². The molecule has 114 valence electrons. The second kappa shape index (κ2) is 6.77. The summed E-state index contributed by atoms with van der Waals surface area (Å²) in [5.74, 6) is -0.384. The molecule has 0 aliphatic carbocycles. The van der Waals surface area contributed by atoms with E-state index < -0.39 is 6.10 Å². The summed E-state index contributed by atoms with van der Waals surface area (Å²) >= 11 is 7.31. The molecular weight excluding hydrogens is 314 g/mol. The van der Waals surface area contributed by atoms with Gasteiger partial charge < -0.3 is 14.3 Å². The van der Waals surface area contributed by atoms with Crippen LogP contribution in [0, 0.1) is 0 Å². The second-order valence-electron chi connectivity index (χ2n) is 5.06. The Morgan fingerprint density at radius 3 is 3.10 bits per heavy atom. The average Bonchev–Trinajstić information content (AvgIpc) is 3.14. The summed E-state index contributed by atoms with van der Waals surface area (Å²) in [6, 6.07) is 3.68. The molecule has 5 nitrogen and oxygen atoms in total. The van der Waals surface area contributed by atoms with Crippen LogP contribution in [-0.4, -0.2) is 37.1 Å². The maximum absolute atomic E-state index is 12.0. The van der Waals surface area contributed by atoms with E-state index in [1.165, 1.54) is 11.3 Å². The summed E-state index contributed by atoms with van der Waals surface area (Å²) in [7, 11) is 0. The molecule has 7 heteroatoms. The fourth-order valence-corrected chi connectivity index (χ4v) is 3.36. The quantitative estimate of drug-likeness (QED) is 0.797. The summed E-state index contributed by atoms with van der Waals surface area (Å²) in [5, 5.41) is 3.95. The van der Waals surface area contributed by atoms with Gasteiger partial charge in [-0.15, -0.1) is 11.3 Å². The molecule has 1 aromatic rings. The summed E-state index contributed by atoms with van der Waals surface area (Å²) in [4.78, 5) is 18.1. The Bertz CT molecular complexity index is 539. The minimum Gasteiger partial charge on any atom is -0.460 e. The number of carbonyl (C=O) groups is 1. The van der Waals surface area contributed by atoms with Gasteiger partial charge in [-0.25, -0.2) is 4.79 Å². The Morgan fingerprint density at radius 2 is 2.38 bits per heavy atom. The SMILES string of the molecule is O=C(OCC1CCCCO1)C1CC(c2ccc(Cl)s2)=NO1. The van der Waals surface area contributed by atoms with E-state index in [-0.39, 0.29) is 12.1 Å². The Labute approximate surface area is 131 Å². The monoisotopic (exact) mass is 329 g/mol. The van der Waals surface area contributed by atoms with Crippen molar-refractivity contribution in [3.05, 3.63) is 21.3 Å². The third-order valence-electron chi connectivity index (χ3n) is 3.47. The Hall–Kier alpha value is -1.11. The van der Waals surface area contributed by atoms with Crippen molar-refractivity contribution < 1.29 is 19.1 Å². The van der Waals surface area contributed by atoms with Crippen molar-refractivity contribution in [1.29, 1.82) is 0 Å². The lowest BCUT2D eigenvalue weighted by atomic mass is 10.1. The lowest BCUT2D eigenvalue weighted by molar-refractivity contribution is -0.160. The van der Waals surface area contributed by atoms with Gasteiger partial charge in [0.25, 0.3) is 0 Å². The van der Waals surface area contributed by atoms with Gasteiger partial charge in [0, 0.05) is 13.0 Å². The number of hydrogen-bond acceptors (Lipinski definition) is 6. The molecular formula is C14H16ClNO4S. The van der Waals surface area contributed by atoms with E-state index in [4.69, 9.17) is 25.9 Å².